The summed E-state index contributed by atoms with van der Waals surface area (Å²) in [5.74, 6) is -0.118. The first kappa shape index (κ1) is 19.3. The molecule has 2 N–H and O–H groups in total. The summed E-state index contributed by atoms with van der Waals surface area (Å²) in [5.41, 5.74) is 1.82. The SMILES string of the molecule is Cc1ccc2ccc(NC(=O)c3c(C)ccn(C4CCC(O)CC4)c3=O)nc2n1. The van der Waals surface area contributed by atoms with Gasteiger partial charge in [-0.15, -0.1) is 0 Å². The summed E-state index contributed by atoms with van der Waals surface area (Å²) in [6.07, 6.45) is 4.23. The standard InChI is InChI=1S/C22H24N4O3/c1-13-11-12-26(16-6-8-17(27)9-7-16)22(29)19(13)21(28)25-18-10-5-15-4-3-14(2)23-20(15)24-18/h3-5,10-12,16-17,27H,6-9H2,1-2H3,(H,23,24,25,28). The van der Waals surface area contributed by atoms with Crippen LogP contribution in [0.15, 0.2) is 41.3 Å². The third-order valence-electron chi connectivity index (χ3n) is 5.55. The Labute approximate surface area is 168 Å². The molecule has 4 rings (SSSR count). The molecule has 1 amide bonds. The lowest BCUT2D eigenvalue weighted by Gasteiger charge is -2.27. The lowest BCUT2D eigenvalue weighted by Crippen LogP contribution is -2.34. The molecule has 3 aromatic heterocycles. The number of aromatic nitrogens is 3. The summed E-state index contributed by atoms with van der Waals surface area (Å²) in [6.45, 7) is 3.64. The molecule has 1 aliphatic carbocycles. The van der Waals surface area contributed by atoms with Gasteiger partial charge < -0.3 is 15.0 Å². The molecule has 1 saturated carbocycles. The van der Waals surface area contributed by atoms with Crippen molar-refractivity contribution < 1.29 is 9.90 Å². The van der Waals surface area contributed by atoms with E-state index in [0.29, 0.717) is 29.9 Å². The van der Waals surface area contributed by atoms with E-state index in [1.807, 2.05) is 25.1 Å². The molecule has 3 heterocycles. The molecule has 0 radical (unpaired) electrons. The second-order valence-corrected chi connectivity index (χ2v) is 7.70. The monoisotopic (exact) mass is 392 g/mol. The van der Waals surface area contributed by atoms with Gasteiger partial charge in [0.25, 0.3) is 11.5 Å². The van der Waals surface area contributed by atoms with Crippen LogP contribution in [0.4, 0.5) is 5.82 Å². The molecular weight excluding hydrogens is 368 g/mol. The van der Waals surface area contributed by atoms with Crippen molar-refractivity contribution >= 4 is 22.8 Å². The molecule has 0 aromatic carbocycles. The van der Waals surface area contributed by atoms with Crippen molar-refractivity contribution in [3.8, 4) is 0 Å². The van der Waals surface area contributed by atoms with E-state index in [1.54, 1.807) is 29.8 Å². The second-order valence-electron chi connectivity index (χ2n) is 7.70. The average Bonchev–Trinajstić information content (AvgIpc) is 2.69. The number of hydrogen-bond donors (Lipinski definition) is 2. The topological polar surface area (TPSA) is 97.1 Å². The minimum absolute atomic E-state index is 0.00372. The number of carbonyl (C=O) groups excluding carboxylic acids is 1. The fraction of sp³-hybridized carbons (Fsp3) is 0.364. The minimum atomic E-state index is -0.475. The van der Waals surface area contributed by atoms with Crippen LogP contribution in [0.1, 0.15) is 53.3 Å². The molecule has 0 atom stereocenters. The van der Waals surface area contributed by atoms with Gasteiger partial charge in [0, 0.05) is 23.3 Å². The van der Waals surface area contributed by atoms with Crippen LogP contribution in [0.5, 0.6) is 0 Å². The first-order valence-electron chi connectivity index (χ1n) is 9.88. The van der Waals surface area contributed by atoms with Crippen molar-refractivity contribution in [1.29, 1.82) is 0 Å². The lowest BCUT2D eigenvalue weighted by molar-refractivity contribution is 0.101. The number of aliphatic hydroxyl groups is 1. The number of carbonyl (C=O) groups is 1. The van der Waals surface area contributed by atoms with Crippen molar-refractivity contribution in [1.82, 2.24) is 14.5 Å². The van der Waals surface area contributed by atoms with Crippen molar-refractivity contribution in [3.05, 3.63) is 63.7 Å². The normalized spacial score (nSPS) is 19.3. The van der Waals surface area contributed by atoms with E-state index in [9.17, 15) is 14.7 Å². The number of nitrogens with one attached hydrogen (secondary N) is 1. The number of aryl methyl sites for hydroxylation is 2. The molecule has 0 bridgehead atoms. The molecule has 3 aromatic rings. The third kappa shape index (κ3) is 3.91. The zero-order valence-electron chi connectivity index (χ0n) is 16.6. The quantitative estimate of drug-likeness (QED) is 0.714. The molecule has 0 spiro atoms. The Morgan fingerprint density at radius 1 is 1.07 bits per heavy atom. The number of amides is 1. The highest BCUT2D eigenvalue weighted by Gasteiger charge is 2.24. The molecule has 150 valence electrons. The lowest BCUT2D eigenvalue weighted by atomic mass is 9.92. The van der Waals surface area contributed by atoms with Crippen molar-refractivity contribution in [3.63, 3.8) is 0 Å². The van der Waals surface area contributed by atoms with E-state index in [0.717, 1.165) is 23.9 Å². The van der Waals surface area contributed by atoms with Gasteiger partial charge in [-0.1, -0.05) is 0 Å². The number of nitrogens with zero attached hydrogens (tertiary/aromatic N) is 3. The predicted molar refractivity (Wildman–Crippen MR) is 111 cm³/mol. The van der Waals surface area contributed by atoms with Gasteiger partial charge in [0.15, 0.2) is 5.65 Å². The number of hydrogen-bond acceptors (Lipinski definition) is 5. The maximum Gasteiger partial charge on any atom is 0.263 e. The van der Waals surface area contributed by atoms with Crippen LogP contribution in [0.25, 0.3) is 11.0 Å². The summed E-state index contributed by atoms with van der Waals surface area (Å²) in [7, 11) is 0. The van der Waals surface area contributed by atoms with E-state index in [2.05, 4.69) is 15.3 Å². The van der Waals surface area contributed by atoms with Gasteiger partial charge in [-0.2, -0.15) is 0 Å². The van der Waals surface area contributed by atoms with E-state index in [4.69, 9.17) is 0 Å². The maximum absolute atomic E-state index is 13.1. The van der Waals surface area contributed by atoms with E-state index >= 15 is 0 Å². The summed E-state index contributed by atoms with van der Waals surface area (Å²) >= 11 is 0. The first-order valence-corrected chi connectivity index (χ1v) is 9.88. The maximum atomic E-state index is 13.1. The van der Waals surface area contributed by atoms with E-state index in [-0.39, 0.29) is 23.3 Å². The molecule has 7 nitrogen and oxygen atoms in total. The highest BCUT2D eigenvalue weighted by Crippen LogP contribution is 2.27. The molecule has 0 saturated heterocycles. The van der Waals surface area contributed by atoms with Gasteiger partial charge in [-0.05, 0) is 75.4 Å². The smallest absolute Gasteiger partial charge is 0.263 e. The van der Waals surface area contributed by atoms with Gasteiger partial charge in [-0.25, -0.2) is 9.97 Å². The Kier molecular flexibility index (Phi) is 5.15. The summed E-state index contributed by atoms with van der Waals surface area (Å²) in [5, 5.41) is 13.3. The summed E-state index contributed by atoms with van der Waals surface area (Å²) in [4.78, 5) is 34.8. The third-order valence-corrected chi connectivity index (χ3v) is 5.55. The number of anilines is 1. The van der Waals surface area contributed by atoms with Crippen molar-refractivity contribution in [2.45, 2.75) is 51.7 Å². The molecule has 29 heavy (non-hydrogen) atoms. The number of fused-ring (bicyclic) bond motifs is 1. The van der Waals surface area contributed by atoms with E-state index in [1.165, 1.54) is 0 Å². The van der Waals surface area contributed by atoms with Crippen LogP contribution < -0.4 is 10.9 Å². The van der Waals surface area contributed by atoms with Crippen LogP contribution >= 0.6 is 0 Å². The molecule has 0 aliphatic heterocycles. The van der Waals surface area contributed by atoms with Gasteiger partial charge in [0.05, 0.1) is 6.10 Å². The van der Waals surface area contributed by atoms with Crippen molar-refractivity contribution in [2.75, 3.05) is 5.32 Å². The van der Waals surface area contributed by atoms with Crippen LogP contribution in [0.2, 0.25) is 0 Å². The zero-order chi connectivity index (χ0) is 20.5. The fourth-order valence-electron chi connectivity index (χ4n) is 3.88. The minimum Gasteiger partial charge on any atom is -0.393 e. The van der Waals surface area contributed by atoms with Crippen LogP contribution in [-0.2, 0) is 0 Å². The molecule has 1 aliphatic rings. The first-order chi connectivity index (χ1) is 13.9. The number of pyridine rings is 3. The van der Waals surface area contributed by atoms with Crippen LogP contribution in [-0.4, -0.2) is 31.7 Å². The van der Waals surface area contributed by atoms with E-state index < -0.39 is 5.91 Å². The number of rotatable bonds is 3. The predicted octanol–water partition coefficient (Wildman–Crippen LogP) is 3.14. The molecule has 1 fully saturated rings. The Morgan fingerprint density at radius 3 is 2.55 bits per heavy atom. The Balaban J connectivity index is 1.63. The largest absolute Gasteiger partial charge is 0.393 e. The van der Waals surface area contributed by atoms with Gasteiger partial charge in [0.2, 0.25) is 0 Å². The highest BCUT2D eigenvalue weighted by molar-refractivity contribution is 6.04. The highest BCUT2D eigenvalue weighted by atomic mass is 16.3. The number of aliphatic hydroxyl groups excluding tert-OH is 1. The van der Waals surface area contributed by atoms with Crippen LogP contribution in [0.3, 0.4) is 0 Å². The Bertz CT molecular complexity index is 1130. The fourth-order valence-corrected chi connectivity index (χ4v) is 3.88. The molecule has 0 unspecified atom stereocenters. The summed E-state index contributed by atoms with van der Waals surface area (Å²) in [6, 6.07) is 9.17. The van der Waals surface area contributed by atoms with Gasteiger partial charge in [0.1, 0.15) is 11.4 Å². The Morgan fingerprint density at radius 2 is 1.79 bits per heavy atom. The van der Waals surface area contributed by atoms with Crippen LogP contribution in [0, 0.1) is 13.8 Å². The summed E-state index contributed by atoms with van der Waals surface area (Å²) < 4.78 is 1.63. The van der Waals surface area contributed by atoms with Gasteiger partial charge >= 0.3 is 0 Å². The van der Waals surface area contributed by atoms with Crippen molar-refractivity contribution in [2.24, 2.45) is 0 Å². The van der Waals surface area contributed by atoms with Gasteiger partial charge in [-0.3, -0.25) is 9.59 Å². The average molecular weight is 392 g/mol. The molecule has 7 heteroatoms. The zero-order valence-corrected chi connectivity index (χ0v) is 16.6. The molecular formula is C22H24N4O3. The second kappa shape index (κ2) is 7.75. The Hall–Kier alpha value is -3.06.